The van der Waals surface area contributed by atoms with Gasteiger partial charge in [-0.1, -0.05) is 77.0 Å². The minimum Gasteiger partial charge on any atom is -0.469 e. The maximum absolute atomic E-state index is 12.5. The molecule has 0 aromatic rings. The Hall–Kier alpha value is -3.14. The predicted octanol–water partition coefficient (Wildman–Crippen LogP) is 3.73. The Morgan fingerprint density at radius 1 is 0.509 bits per heavy atom. The Morgan fingerprint density at radius 3 is 1.62 bits per heavy atom. The highest BCUT2D eigenvalue weighted by Gasteiger charge is 2.22. The number of nitrogens with one attached hydrogen (secondary N) is 3. The summed E-state index contributed by atoms with van der Waals surface area (Å²) in [6.45, 7) is 2.60. The fourth-order valence-electron chi connectivity index (χ4n) is 5.25. The lowest BCUT2D eigenvalue weighted by atomic mass is 10.0. The van der Waals surface area contributed by atoms with E-state index in [1.807, 2.05) is 0 Å². The number of hydrogen-bond donors (Lipinski definition) is 3. The molecule has 1 atom stereocenters. The van der Waals surface area contributed by atoms with Crippen LogP contribution >= 0.6 is 0 Å². The van der Waals surface area contributed by atoms with Gasteiger partial charge in [-0.2, -0.15) is 0 Å². The molecule has 0 fully saturated rings. The van der Waals surface area contributed by atoms with E-state index in [1.165, 1.54) is 65.6 Å². The first-order chi connectivity index (χ1) is 25.8. The van der Waals surface area contributed by atoms with Crippen LogP contribution in [0.2, 0.25) is 0 Å². The van der Waals surface area contributed by atoms with E-state index in [0.29, 0.717) is 71.7 Å². The zero-order valence-corrected chi connectivity index (χ0v) is 32.6. The molecule has 15 nitrogen and oxygen atoms in total. The molecule has 0 aliphatic rings. The molecule has 0 aromatic carbocycles. The van der Waals surface area contributed by atoms with Gasteiger partial charge in [0.2, 0.25) is 17.7 Å². The summed E-state index contributed by atoms with van der Waals surface area (Å²) in [6.07, 6.45) is 18.2. The third-order valence-electron chi connectivity index (χ3n) is 8.26. The highest BCUT2D eigenvalue weighted by Crippen LogP contribution is 2.14. The number of rotatable bonds is 39. The van der Waals surface area contributed by atoms with Crippen molar-refractivity contribution in [1.29, 1.82) is 0 Å². The van der Waals surface area contributed by atoms with E-state index < -0.39 is 12.0 Å². The molecule has 0 bridgehead atoms. The minimum atomic E-state index is -0.872. The summed E-state index contributed by atoms with van der Waals surface area (Å²) in [5.41, 5.74) is 0. The molecule has 3 amide bonds. The zero-order valence-electron chi connectivity index (χ0n) is 32.6. The first kappa shape index (κ1) is 49.9. The Labute approximate surface area is 317 Å². The van der Waals surface area contributed by atoms with E-state index in [4.69, 9.17) is 23.7 Å². The molecule has 0 rings (SSSR count). The number of hydrogen-bond acceptors (Lipinski definition) is 12. The van der Waals surface area contributed by atoms with Crippen LogP contribution in [0.15, 0.2) is 0 Å². The molecule has 15 heteroatoms. The maximum atomic E-state index is 12.5. The SMILES string of the molecule is COC(=O)CCCCCCCCCCCCCCCCC(=O)NC(CCC(=O)NCCCOCCOCC(=O)NCCOCCOCC=O)C(=O)OC. The van der Waals surface area contributed by atoms with Crippen LogP contribution in [0, 0.1) is 0 Å². The van der Waals surface area contributed by atoms with Crippen LogP contribution in [0.25, 0.3) is 0 Å². The molecule has 53 heavy (non-hydrogen) atoms. The van der Waals surface area contributed by atoms with Gasteiger partial charge >= 0.3 is 11.9 Å². The largest absolute Gasteiger partial charge is 0.469 e. The zero-order chi connectivity index (χ0) is 39.0. The molecule has 0 aliphatic heterocycles. The minimum absolute atomic E-state index is 0.0378. The number of ether oxygens (including phenoxy) is 6. The van der Waals surface area contributed by atoms with Crippen LogP contribution in [0.3, 0.4) is 0 Å². The van der Waals surface area contributed by atoms with Crippen molar-refractivity contribution in [1.82, 2.24) is 16.0 Å². The molecule has 0 heterocycles. The summed E-state index contributed by atoms with van der Waals surface area (Å²) in [5, 5.41) is 8.16. The number of unbranched alkanes of at least 4 members (excludes halogenated alkanes) is 13. The number of aldehydes is 1. The molecule has 3 N–H and O–H groups in total. The summed E-state index contributed by atoms with van der Waals surface area (Å²) in [7, 11) is 2.69. The van der Waals surface area contributed by atoms with Crippen molar-refractivity contribution in [2.75, 3.05) is 80.2 Å². The number of carbonyl (C=O) groups excluding carboxylic acids is 6. The van der Waals surface area contributed by atoms with Crippen LogP contribution in [-0.4, -0.2) is 122 Å². The molecule has 0 saturated carbocycles. The smallest absolute Gasteiger partial charge is 0.328 e. The molecule has 0 aliphatic carbocycles. The lowest BCUT2D eigenvalue weighted by Gasteiger charge is -2.16. The maximum Gasteiger partial charge on any atom is 0.328 e. The second-order valence-electron chi connectivity index (χ2n) is 12.8. The Morgan fingerprint density at radius 2 is 1.04 bits per heavy atom. The van der Waals surface area contributed by atoms with Crippen LogP contribution in [0.5, 0.6) is 0 Å². The third-order valence-corrected chi connectivity index (χ3v) is 8.26. The summed E-state index contributed by atoms with van der Waals surface area (Å²) in [5.74, 6) is -1.41. The molecule has 0 spiro atoms. The predicted molar refractivity (Wildman–Crippen MR) is 199 cm³/mol. The van der Waals surface area contributed by atoms with Crippen molar-refractivity contribution < 1.29 is 57.2 Å². The van der Waals surface area contributed by atoms with Crippen molar-refractivity contribution in [3.63, 3.8) is 0 Å². The molecule has 0 aromatic heterocycles. The molecule has 308 valence electrons. The first-order valence-electron chi connectivity index (χ1n) is 19.6. The van der Waals surface area contributed by atoms with E-state index in [-0.39, 0.29) is 56.4 Å². The van der Waals surface area contributed by atoms with Gasteiger partial charge in [0, 0.05) is 39.0 Å². The average molecular weight is 760 g/mol. The monoisotopic (exact) mass is 759 g/mol. The van der Waals surface area contributed by atoms with Crippen LogP contribution in [0.1, 0.15) is 122 Å². The van der Waals surface area contributed by atoms with Gasteiger partial charge in [0.1, 0.15) is 25.5 Å². The van der Waals surface area contributed by atoms with E-state index in [2.05, 4.69) is 20.7 Å². The Bertz CT molecular complexity index is 953. The highest BCUT2D eigenvalue weighted by atomic mass is 16.5. The standard InChI is InChI=1S/C38H69N3O12/c1-48-37(46)19-16-14-12-10-8-6-4-3-5-7-9-11-13-15-18-35(44)41-33(38(47)49-2)20-21-34(43)39-22-17-25-50-30-31-53-32-36(45)40-23-26-51-28-29-52-27-24-42/h24,33H,3-23,25-32H2,1-2H3,(H,39,43)(H,40,45)(H,41,44). The fourth-order valence-corrected chi connectivity index (χ4v) is 5.25. The van der Waals surface area contributed by atoms with Gasteiger partial charge in [0.25, 0.3) is 0 Å². The number of amides is 3. The van der Waals surface area contributed by atoms with E-state index in [9.17, 15) is 28.8 Å². The van der Waals surface area contributed by atoms with Gasteiger partial charge < -0.3 is 49.2 Å². The third kappa shape index (κ3) is 35.6. The molecular weight excluding hydrogens is 690 g/mol. The second-order valence-corrected chi connectivity index (χ2v) is 12.8. The van der Waals surface area contributed by atoms with Gasteiger partial charge in [-0.25, -0.2) is 4.79 Å². The van der Waals surface area contributed by atoms with Gasteiger partial charge in [-0.05, 0) is 25.7 Å². The number of methoxy groups -OCH3 is 2. The van der Waals surface area contributed by atoms with Crippen LogP contribution < -0.4 is 16.0 Å². The van der Waals surface area contributed by atoms with Crippen LogP contribution in [0.4, 0.5) is 0 Å². The summed E-state index contributed by atoms with van der Waals surface area (Å²) < 4.78 is 30.4. The van der Waals surface area contributed by atoms with Crippen molar-refractivity contribution in [3.05, 3.63) is 0 Å². The molecular formula is C38H69N3O12. The highest BCUT2D eigenvalue weighted by molar-refractivity contribution is 5.85. The van der Waals surface area contributed by atoms with E-state index in [0.717, 1.165) is 38.5 Å². The average Bonchev–Trinajstić information content (AvgIpc) is 3.16. The number of esters is 2. The summed E-state index contributed by atoms with van der Waals surface area (Å²) in [4.78, 5) is 69.9. The van der Waals surface area contributed by atoms with E-state index in [1.54, 1.807) is 0 Å². The topological polar surface area (TPSA) is 194 Å². The van der Waals surface area contributed by atoms with Gasteiger partial charge in [-0.15, -0.1) is 0 Å². The molecule has 0 saturated heterocycles. The lowest BCUT2D eigenvalue weighted by molar-refractivity contribution is -0.145. The Kier molecular flexibility index (Phi) is 36.3. The normalized spacial score (nSPS) is 11.4. The van der Waals surface area contributed by atoms with Crippen LogP contribution in [-0.2, 0) is 57.2 Å². The lowest BCUT2D eigenvalue weighted by Crippen LogP contribution is -2.42. The van der Waals surface area contributed by atoms with Gasteiger partial charge in [-0.3, -0.25) is 19.2 Å². The van der Waals surface area contributed by atoms with Crippen molar-refractivity contribution in [2.24, 2.45) is 0 Å². The molecule has 0 radical (unpaired) electrons. The summed E-state index contributed by atoms with van der Waals surface area (Å²) >= 11 is 0. The van der Waals surface area contributed by atoms with Gasteiger partial charge in [0.05, 0.1) is 47.3 Å². The Balaban J connectivity index is 3.74. The summed E-state index contributed by atoms with van der Waals surface area (Å²) in [6, 6.07) is -0.872. The second kappa shape index (κ2) is 38.6. The van der Waals surface area contributed by atoms with Crippen molar-refractivity contribution >= 4 is 35.9 Å². The van der Waals surface area contributed by atoms with Crippen molar-refractivity contribution in [3.8, 4) is 0 Å². The van der Waals surface area contributed by atoms with Gasteiger partial charge in [0.15, 0.2) is 0 Å². The van der Waals surface area contributed by atoms with E-state index >= 15 is 0 Å². The van der Waals surface area contributed by atoms with Crippen molar-refractivity contribution in [2.45, 2.75) is 128 Å². The quantitative estimate of drug-likeness (QED) is 0.0468. The fraction of sp³-hybridized carbons (Fsp3) is 0.842. The number of carbonyl (C=O) groups is 6. The molecule has 1 unspecified atom stereocenters. The first-order valence-corrected chi connectivity index (χ1v) is 19.6.